The fourth-order valence-corrected chi connectivity index (χ4v) is 4.10. The molecule has 1 fully saturated rings. The van der Waals surface area contributed by atoms with Crippen LogP contribution in [0.1, 0.15) is 5.56 Å². The highest BCUT2D eigenvalue weighted by molar-refractivity contribution is 7.92. The van der Waals surface area contributed by atoms with E-state index in [1.165, 1.54) is 27.9 Å². The minimum absolute atomic E-state index is 0.129. The molecule has 0 radical (unpaired) electrons. The Balaban J connectivity index is 1.49. The van der Waals surface area contributed by atoms with Crippen LogP contribution in [-0.2, 0) is 14.8 Å². The number of hydrogen-bond donors (Lipinski definition) is 1. The molecule has 1 saturated heterocycles. The summed E-state index contributed by atoms with van der Waals surface area (Å²) in [5, 5.41) is 3.86. The van der Waals surface area contributed by atoms with Gasteiger partial charge in [0.15, 0.2) is 0 Å². The van der Waals surface area contributed by atoms with Crippen LogP contribution in [0.5, 0.6) is 0 Å². The van der Waals surface area contributed by atoms with E-state index < -0.39 is 15.8 Å². The van der Waals surface area contributed by atoms with Gasteiger partial charge in [-0.3, -0.25) is 9.69 Å². The fraction of sp³-hybridized carbons (Fsp3) is 0.250. The van der Waals surface area contributed by atoms with E-state index in [-0.39, 0.29) is 12.5 Å². The highest BCUT2D eigenvalue weighted by atomic mass is 32.2. The van der Waals surface area contributed by atoms with Crippen molar-refractivity contribution in [3.05, 3.63) is 71.4 Å². The molecule has 3 rings (SSSR count). The lowest BCUT2D eigenvalue weighted by molar-refractivity contribution is -0.117. The molecule has 1 aliphatic heterocycles. The molecule has 2 aromatic carbocycles. The predicted octanol–water partition coefficient (Wildman–Crippen LogP) is 2.38. The second-order valence-corrected chi connectivity index (χ2v) is 8.31. The molecule has 6 nitrogen and oxygen atoms in total. The Morgan fingerprint density at radius 2 is 1.75 bits per heavy atom. The van der Waals surface area contributed by atoms with Crippen molar-refractivity contribution in [1.29, 1.82) is 0 Å². The summed E-state index contributed by atoms with van der Waals surface area (Å²) in [6.45, 7) is 1.66. The summed E-state index contributed by atoms with van der Waals surface area (Å²) in [5.74, 6) is -0.675. The first kappa shape index (κ1) is 20.2. The highest BCUT2D eigenvalue weighted by Gasteiger charge is 2.25. The first-order valence-electron chi connectivity index (χ1n) is 8.93. The number of anilines is 1. The summed E-state index contributed by atoms with van der Waals surface area (Å²) >= 11 is 0. The molecule has 0 bridgehead atoms. The minimum Gasteiger partial charge on any atom is -0.325 e. The Morgan fingerprint density at radius 3 is 2.43 bits per heavy atom. The van der Waals surface area contributed by atoms with Gasteiger partial charge in [0.05, 0.1) is 6.54 Å². The van der Waals surface area contributed by atoms with Crippen molar-refractivity contribution in [2.45, 2.75) is 0 Å². The van der Waals surface area contributed by atoms with Gasteiger partial charge < -0.3 is 5.32 Å². The lowest BCUT2D eigenvalue weighted by Crippen LogP contribution is -2.49. The van der Waals surface area contributed by atoms with Gasteiger partial charge in [0, 0.05) is 37.3 Å². The summed E-state index contributed by atoms with van der Waals surface area (Å²) in [5.41, 5.74) is 1.22. The van der Waals surface area contributed by atoms with Crippen molar-refractivity contribution < 1.29 is 17.6 Å². The zero-order chi connectivity index (χ0) is 20.0. The van der Waals surface area contributed by atoms with Crippen LogP contribution in [0.15, 0.2) is 60.0 Å². The Kier molecular flexibility index (Phi) is 6.56. The molecule has 0 aromatic heterocycles. The number of rotatable bonds is 6. The molecule has 0 spiro atoms. The number of hydrogen-bond acceptors (Lipinski definition) is 4. The number of carbonyl (C=O) groups excluding carboxylic acids is 1. The first-order valence-corrected chi connectivity index (χ1v) is 10.4. The Hall–Kier alpha value is -2.55. The normalized spacial score (nSPS) is 16.3. The molecule has 148 valence electrons. The Bertz CT molecular complexity index is 940. The molecule has 0 aliphatic carbocycles. The van der Waals surface area contributed by atoms with Crippen LogP contribution >= 0.6 is 0 Å². The Morgan fingerprint density at radius 1 is 1.04 bits per heavy atom. The van der Waals surface area contributed by atoms with E-state index in [2.05, 4.69) is 5.32 Å². The standard InChI is InChI=1S/C20H22FN3O3S/c21-18-7-4-8-19(15-18)22-20(25)16-23-10-12-24(13-11-23)28(26,27)14-9-17-5-2-1-3-6-17/h1-9,14-15H,10-13,16H2,(H,22,25)/b14-9+. The van der Waals surface area contributed by atoms with Gasteiger partial charge in [-0.15, -0.1) is 0 Å². The number of halogens is 1. The molecule has 1 heterocycles. The third kappa shape index (κ3) is 5.72. The zero-order valence-corrected chi connectivity index (χ0v) is 16.1. The molecule has 1 aliphatic rings. The average Bonchev–Trinajstić information content (AvgIpc) is 2.68. The maximum atomic E-state index is 13.2. The van der Waals surface area contributed by atoms with Crippen LogP contribution in [0, 0.1) is 5.82 Å². The largest absolute Gasteiger partial charge is 0.325 e. The first-order chi connectivity index (χ1) is 13.4. The van der Waals surface area contributed by atoms with E-state index in [1.54, 1.807) is 12.1 Å². The van der Waals surface area contributed by atoms with E-state index in [4.69, 9.17) is 0 Å². The lowest BCUT2D eigenvalue weighted by Gasteiger charge is -2.32. The third-order valence-electron chi connectivity index (χ3n) is 4.40. The van der Waals surface area contributed by atoms with E-state index in [0.717, 1.165) is 5.56 Å². The number of nitrogens with one attached hydrogen (secondary N) is 1. The topological polar surface area (TPSA) is 69.7 Å². The third-order valence-corrected chi connectivity index (χ3v) is 5.96. The van der Waals surface area contributed by atoms with Crippen LogP contribution in [0.4, 0.5) is 10.1 Å². The average molecular weight is 403 g/mol. The SMILES string of the molecule is O=C(CN1CCN(S(=O)(=O)/C=C/c2ccccc2)CC1)Nc1cccc(F)c1. The second-order valence-electron chi connectivity index (χ2n) is 6.49. The lowest BCUT2D eigenvalue weighted by atomic mass is 10.2. The van der Waals surface area contributed by atoms with Crippen LogP contribution in [0.2, 0.25) is 0 Å². The molecule has 28 heavy (non-hydrogen) atoms. The summed E-state index contributed by atoms with van der Waals surface area (Å²) < 4.78 is 39.5. The van der Waals surface area contributed by atoms with Crippen molar-refractivity contribution in [3.63, 3.8) is 0 Å². The van der Waals surface area contributed by atoms with Gasteiger partial charge in [0.25, 0.3) is 0 Å². The summed E-state index contributed by atoms with van der Waals surface area (Å²) in [7, 11) is -3.50. The Labute approximate surface area is 164 Å². The molecule has 2 aromatic rings. The fourth-order valence-electron chi connectivity index (χ4n) is 2.93. The smallest absolute Gasteiger partial charge is 0.238 e. The highest BCUT2D eigenvalue weighted by Crippen LogP contribution is 2.12. The molecule has 8 heteroatoms. The van der Waals surface area contributed by atoms with Gasteiger partial charge >= 0.3 is 0 Å². The summed E-state index contributed by atoms with van der Waals surface area (Å²) in [6.07, 6.45) is 1.58. The number of sulfonamides is 1. The monoisotopic (exact) mass is 403 g/mol. The van der Waals surface area contributed by atoms with Crippen molar-refractivity contribution in [3.8, 4) is 0 Å². The molecule has 0 saturated carbocycles. The van der Waals surface area contributed by atoms with E-state index in [9.17, 15) is 17.6 Å². The van der Waals surface area contributed by atoms with Gasteiger partial charge in [0.1, 0.15) is 5.82 Å². The van der Waals surface area contributed by atoms with E-state index in [1.807, 2.05) is 35.2 Å². The molecule has 1 N–H and O–H groups in total. The van der Waals surface area contributed by atoms with Crippen molar-refractivity contribution in [1.82, 2.24) is 9.21 Å². The molecule has 1 amide bonds. The van der Waals surface area contributed by atoms with Crippen LogP contribution < -0.4 is 5.32 Å². The zero-order valence-electron chi connectivity index (χ0n) is 15.3. The number of carbonyl (C=O) groups is 1. The second kappa shape index (κ2) is 9.09. The van der Waals surface area contributed by atoms with Crippen molar-refractivity contribution in [2.24, 2.45) is 0 Å². The summed E-state index contributed by atoms with van der Waals surface area (Å²) in [6, 6.07) is 14.9. The minimum atomic E-state index is -3.50. The quantitative estimate of drug-likeness (QED) is 0.804. The van der Waals surface area contributed by atoms with Gasteiger partial charge in [-0.2, -0.15) is 4.31 Å². The van der Waals surface area contributed by atoms with Crippen molar-refractivity contribution in [2.75, 3.05) is 38.0 Å². The molecule has 0 atom stereocenters. The van der Waals surface area contributed by atoms with E-state index in [0.29, 0.717) is 31.9 Å². The predicted molar refractivity (Wildman–Crippen MR) is 107 cm³/mol. The number of amides is 1. The van der Waals surface area contributed by atoms with Crippen LogP contribution in [0.3, 0.4) is 0 Å². The molecule has 0 unspecified atom stereocenters. The maximum absolute atomic E-state index is 13.2. The number of piperazine rings is 1. The number of nitrogens with zero attached hydrogens (tertiary/aromatic N) is 2. The van der Waals surface area contributed by atoms with Crippen molar-refractivity contribution >= 4 is 27.7 Å². The van der Waals surface area contributed by atoms with Gasteiger partial charge in [-0.05, 0) is 29.8 Å². The van der Waals surface area contributed by atoms with Gasteiger partial charge in [0.2, 0.25) is 15.9 Å². The van der Waals surface area contributed by atoms with Gasteiger partial charge in [-0.25, -0.2) is 12.8 Å². The van der Waals surface area contributed by atoms with E-state index >= 15 is 0 Å². The maximum Gasteiger partial charge on any atom is 0.238 e. The van der Waals surface area contributed by atoms with Crippen LogP contribution in [0.25, 0.3) is 6.08 Å². The molecular weight excluding hydrogens is 381 g/mol. The number of benzene rings is 2. The molecular formula is C20H22FN3O3S. The van der Waals surface area contributed by atoms with Crippen LogP contribution in [-0.4, -0.2) is 56.3 Å². The summed E-state index contributed by atoms with van der Waals surface area (Å²) in [4.78, 5) is 14.0. The van der Waals surface area contributed by atoms with Gasteiger partial charge in [-0.1, -0.05) is 36.4 Å².